The highest BCUT2D eigenvalue weighted by Gasteiger charge is 2.36. The van der Waals surface area contributed by atoms with Gasteiger partial charge < -0.3 is 19.9 Å². The highest BCUT2D eigenvalue weighted by atomic mass is 32.2. The van der Waals surface area contributed by atoms with E-state index in [1.54, 1.807) is 6.20 Å². The molecule has 2 amide bonds. The molecule has 4 rings (SSSR count). The SMILES string of the molecule is O=C(Nc1cccc(OC(F)(F)F)c1)[C@H]1CSCN1C(=O)c1c[nH]c2ccccc12. The van der Waals surface area contributed by atoms with Crippen LogP contribution >= 0.6 is 11.8 Å². The van der Waals surface area contributed by atoms with E-state index in [-0.39, 0.29) is 11.6 Å². The fourth-order valence-electron chi connectivity index (χ4n) is 3.26. The summed E-state index contributed by atoms with van der Waals surface area (Å²) in [4.78, 5) is 30.3. The van der Waals surface area contributed by atoms with Crippen molar-refractivity contribution < 1.29 is 27.5 Å². The zero-order valence-corrected chi connectivity index (χ0v) is 16.2. The minimum absolute atomic E-state index is 0.151. The van der Waals surface area contributed by atoms with Gasteiger partial charge in [0, 0.05) is 34.6 Å². The molecular formula is C20H16F3N3O3S. The van der Waals surface area contributed by atoms with Gasteiger partial charge in [-0.15, -0.1) is 24.9 Å². The zero-order valence-electron chi connectivity index (χ0n) is 15.4. The molecule has 30 heavy (non-hydrogen) atoms. The van der Waals surface area contributed by atoms with Crippen LogP contribution in [0.3, 0.4) is 0 Å². The Morgan fingerprint density at radius 1 is 1.17 bits per heavy atom. The van der Waals surface area contributed by atoms with Gasteiger partial charge in [-0.2, -0.15) is 0 Å². The lowest BCUT2D eigenvalue weighted by Gasteiger charge is -2.23. The van der Waals surface area contributed by atoms with Crippen LogP contribution in [-0.2, 0) is 4.79 Å². The van der Waals surface area contributed by atoms with Crippen molar-refractivity contribution in [1.82, 2.24) is 9.88 Å². The van der Waals surface area contributed by atoms with E-state index in [0.29, 0.717) is 17.2 Å². The van der Waals surface area contributed by atoms with E-state index < -0.39 is 24.1 Å². The minimum Gasteiger partial charge on any atom is -0.406 e. The number of anilines is 1. The summed E-state index contributed by atoms with van der Waals surface area (Å²) in [5.74, 6) is -0.469. The fourth-order valence-corrected chi connectivity index (χ4v) is 4.41. The third-order valence-electron chi connectivity index (χ3n) is 4.60. The number of hydrogen-bond donors (Lipinski definition) is 2. The first-order valence-corrected chi connectivity index (χ1v) is 10.1. The number of amides is 2. The van der Waals surface area contributed by atoms with Crippen LogP contribution < -0.4 is 10.1 Å². The molecule has 2 aromatic carbocycles. The molecule has 0 bridgehead atoms. The predicted octanol–water partition coefficient (Wildman–Crippen LogP) is 4.22. The van der Waals surface area contributed by atoms with E-state index in [2.05, 4.69) is 15.0 Å². The Hall–Kier alpha value is -3.14. The Bertz CT molecular complexity index is 1100. The Morgan fingerprint density at radius 2 is 1.97 bits per heavy atom. The average molecular weight is 435 g/mol. The molecule has 3 aromatic rings. The number of para-hydroxylation sites is 1. The maximum absolute atomic E-state index is 13.1. The van der Waals surface area contributed by atoms with E-state index in [9.17, 15) is 22.8 Å². The number of fused-ring (bicyclic) bond motifs is 1. The van der Waals surface area contributed by atoms with Crippen LogP contribution in [0, 0.1) is 0 Å². The number of ether oxygens (including phenoxy) is 1. The Labute approximate surface area is 173 Å². The van der Waals surface area contributed by atoms with Gasteiger partial charge in [0.05, 0.1) is 11.4 Å². The van der Waals surface area contributed by atoms with Crippen molar-refractivity contribution in [3.05, 3.63) is 60.3 Å². The van der Waals surface area contributed by atoms with E-state index in [0.717, 1.165) is 23.0 Å². The summed E-state index contributed by atoms with van der Waals surface area (Å²) in [5.41, 5.74) is 1.43. The second kappa shape index (κ2) is 7.94. The Balaban J connectivity index is 1.50. The normalized spacial score (nSPS) is 16.6. The van der Waals surface area contributed by atoms with Crippen molar-refractivity contribution in [2.45, 2.75) is 12.4 Å². The summed E-state index contributed by atoms with van der Waals surface area (Å²) in [6.45, 7) is 0. The second-order valence-corrected chi connectivity index (χ2v) is 7.60. The number of H-pyrrole nitrogens is 1. The summed E-state index contributed by atoms with van der Waals surface area (Å²) >= 11 is 1.43. The first kappa shape index (κ1) is 20.1. The molecule has 10 heteroatoms. The van der Waals surface area contributed by atoms with Gasteiger partial charge in [0.1, 0.15) is 11.8 Å². The number of hydrogen-bond acceptors (Lipinski definition) is 4. The lowest BCUT2D eigenvalue weighted by Crippen LogP contribution is -2.44. The number of aromatic amines is 1. The molecule has 0 radical (unpaired) electrons. The molecule has 0 saturated carbocycles. The second-order valence-electron chi connectivity index (χ2n) is 6.60. The lowest BCUT2D eigenvalue weighted by atomic mass is 10.1. The van der Waals surface area contributed by atoms with Gasteiger partial charge in [-0.1, -0.05) is 24.3 Å². The number of aromatic nitrogens is 1. The van der Waals surface area contributed by atoms with Gasteiger partial charge >= 0.3 is 6.36 Å². The van der Waals surface area contributed by atoms with Crippen LogP contribution in [0.2, 0.25) is 0 Å². The highest BCUT2D eigenvalue weighted by Crippen LogP contribution is 2.28. The van der Waals surface area contributed by atoms with Crippen molar-refractivity contribution in [1.29, 1.82) is 0 Å². The number of halogens is 3. The van der Waals surface area contributed by atoms with Gasteiger partial charge in [0.15, 0.2) is 0 Å². The molecule has 6 nitrogen and oxygen atoms in total. The topological polar surface area (TPSA) is 74.4 Å². The first-order valence-electron chi connectivity index (χ1n) is 8.93. The van der Waals surface area contributed by atoms with Gasteiger partial charge in [-0.05, 0) is 18.2 Å². The van der Waals surface area contributed by atoms with E-state index in [1.807, 2.05) is 24.3 Å². The molecule has 0 spiro atoms. The Kier molecular flexibility index (Phi) is 5.33. The van der Waals surface area contributed by atoms with E-state index >= 15 is 0 Å². The predicted molar refractivity (Wildman–Crippen MR) is 107 cm³/mol. The molecule has 1 aromatic heterocycles. The summed E-state index contributed by atoms with van der Waals surface area (Å²) < 4.78 is 41.1. The van der Waals surface area contributed by atoms with Gasteiger partial charge in [-0.25, -0.2) is 0 Å². The smallest absolute Gasteiger partial charge is 0.406 e. The Morgan fingerprint density at radius 3 is 2.77 bits per heavy atom. The number of nitrogens with zero attached hydrogens (tertiary/aromatic N) is 1. The molecular weight excluding hydrogens is 419 g/mol. The van der Waals surface area contributed by atoms with Crippen LogP contribution in [-0.4, -0.2) is 45.7 Å². The van der Waals surface area contributed by atoms with E-state index in [4.69, 9.17) is 0 Å². The third kappa shape index (κ3) is 4.23. The zero-order chi connectivity index (χ0) is 21.3. The van der Waals surface area contributed by atoms with Crippen LogP contribution in [0.1, 0.15) is 10.4 Å². The molecule has 1 fully saturated rings. The highest BCUT2D eigenvalue weighted by molar-refractivity contribution is 7.99. The number of carbonyl (C=O) groups is 2. The molecule has 1 aliphatic rings. The maximum atomic E-state index is 13.1. The van der Waals surface area contributed by atoms with Crippen LogP contribution in [0.5, 0.6) is 5.75 Å². The first-order chi connectivity index (χ1) is 14.3. The molecule has 1 saturated heterocycles. The van der Waals surface area contributed by atoms with Crippen molar-refractivity contribution in [3.63, 3.8) is 0 Å². The standard InChI is InChI=1S/C20H16F3N3O3S/c21-20(22,23)29-13-5-3-4-12(8-13)25-18(27)17-10-30-11-26(17)19(28)15-9-24-16-7-2-1-6-14(15)16/h1-9,17,24H,10-11H2,(H,25,27)/t17-/m1/s1. The summed E-state index contributed by atoms with van der Waals surface area (Å²) in [7, 11) is 0. The van der Waals surface area contributed by atoms with Gasteiger partial charge in [-0.3, -0.25) is 9.59 Å². The fraction of sp³-hybridized carbons (Fsp3) is 0.200. The quantitative estimate of drug-likeness (QED) is 0.644. The van der Waals surface area contributed by atoms with Crippen LogP contribution in [0.15, 0.2) is 54.7 Å². The molecule has 1 atom stereocenters. The van der Waals surface area contributed by atoms with Crippen LogP contribution in [0.4, 0.5) is 18.9 Å². The van der Waals surface area contributed by atoms with Crippen molar-refractivity contribution in [2.24, 2.45) is 0 Å². The number of alkyl halides is 3. The van der Waals surface area contributed by atoms with E-state index in [1.165, 1.54) is 28.8 Å². The number of thioether (sulfide) groups is 1. The monoisotopic (exact) mass is 435 g/mol. The molecule has 2 heterocycles. The maximum Gasteiger partial charge on any atom is 0.573 e. The number of carbonyl (C=O) groups excluding carboxylic acids is 2. The minimum atomic E-state index is -4.83. The molecule has 2 N–H and O–H groups in total. The molecule has 156 valence electrons. The molecule has 0 aliphatic carbocycles. The molecule has 1 aliphatic heterocycles. The summed E-state index contributed by atoms with van der Waals surface area (Å²) in [6.07, 6.45) is -3.21. The van der Waals surface area contributed by atoms with Crippen molar-refractivity contribution in [3.8, 4) is 5.75 Å². The van der Waals surface area contributed by atoms with Gasteiger partial charge in [0.2, 0.25) is 5.91 Å². The summed E-state index contributed by atoms with van der Waals surface area (Å²) in [5, 5.41) is 3.34. The third-order valence-corrected chi connectivity index (χ3v) is 5.61. The van der Waals surface area contributed by atoms with Crippen molar-refractivity contribution >= 4 is 40.2 Å². The largest absolute Gasteiger partial charge is 0.573 e. The number of rotatable bonds is 4. The lowest BCUT2D eigenvalue weighted by molar-refractivity contribution is -0.274. The van der Waals surface area contributed by atoms with Gasteiger partial charge in [0.25, 0.3) is 5.91 Å². The number of nitrogens with one attached hydrogen (secondary N) is 2. The van der Waals surface area contributed by atoms with Crippen molar-refractivity contribution in [2.75, 3.05) is 16.9 Å². The number of benzene rings is 2. The van der Waals surface area contributed by atoms with Crippen LogP contribution in [0.25, 0.3) is 10.9 Å². The summed E-state index contributed by atoms with van der Waals surface area (Å²) in [6, 6.07) is 11.6. The molecule has 0 unspecified atom stereocenters. The average Bonchev–Trinajstić information content (AvgIpc) is 3.34.